The van der Waals surface area contributed by atoms with Gasteiger partial charge in [-0.2, -0.15) is 13.2 Å². The van der Waals surface area contributed by atoms with Gasteiger partial charge in [0.2, 0.25) is 0 Å². The second-order valence-corrected chi connectivity index (χ2v) is 3.44. The summed E-state index contributed by atoms with van der Waals surface area (Å²) < 4.78 is 35.8. The van der Waals surface area contributed by atoms with Gasteiger partial charge in [0.1, 0.15) is 5.82 Å². The highest BCUT2D eigenvalue weighted by atomic mass is 19.4. The number of nitrogens with zero attached hydrogens (tertiary/aromatic N) is 1. The first-order chi connectivity index (χ1) is 7.39. The molecule has 0 aromatic carbocycles. The van der Waals surface area contributed by atoms with Crippen LogP contribution in [0.4, 0.5) is 19.0 Å². The molecule has 6 heteroatoms. The molecule has 0 unspecified atom stereocenters. The molecule has 0 aliphatic heterocycles. The summed E-state index contributed by atoms with van der Waals surface area (Å²) in [7, 11) is 0. The third kappa shape index (κ3) is 4.06. The van der Waals surface area contributed by atoms with Crippen LogP contribution in [0.1, 0.15) is 12.1 Å². The lowest BCUT2D eigenvalue weighted by Crippen LogP contribution is -2.30. The van der Waals surface area contributed by atoms with Gasteiger partial charge in [-0.15, -0.1) is 0 Å². The van der Waals surface area contributed by atoms with Crippen molar-refractivity contribution in [3.8, 4) is 0 Å². The number of hydrogen-bond donors (Lipinski definition) is 2. The Labute approximate surface area is 91.3 Å². The van der Waals surface area contributed by atoms with E-state index in [1.807, 2.05) is 0 Å². The Balaban J connectivity index is 2.36. The van der Waals surface area contributed by atoms with Gasteiger partial charge in [-0.1, -0.05) is 6.07 Å². The van der Waals surface area contributed by atoms with Crippen molar-refractivity contribution in [2.75, 3.05) is 11.9 Å². The Morgan fingerprint density at radius 2 is 2.12 bits per heavy atom. The summed E-state index contributed by atoms with van der Waals surface area (Å²) in [6.45, 7) is 1.81. The van der Waals surface area contributed by atoms with Crippen molar-refractivity contribution < 1.29 is 18.3 Å². The summed E-state index contributed by atoms with van der Waals surface area (Å²) in [6.07, 6.45) is -7.23. The van der Waals surface area contributed by atoms with Crippen LogP contribution in [0.15, 0.2) is 18.2 Å². The number of nitrogens with one attached hydrogen (secondary N) is 1. The van der Waals surface area contributed by atoms with Gasteiger partial charge in [-0.25, -0.2) is 4.98 Å². The molecule has 1 atom stereocenters. The lowest BCUT2D eigenvalue weighted by atomic mass is 10.2. The van der Waals surface area contributed by atoms with Crippen LogP contribution < -0.4 is 5.32 Å². The molecular weight excluding hydrogens is 221 g/mol. The topological polar surface area (TPSA) is 45.1 Å². The van der Waals surface area contributed by atoms with E-state index in [0.717, 1.165) is 5.69 Å². The van der Waals surface area contributed by atoms with Crippen molar-refractivity contribution in [1.82, 2.24) is 4.98 Å². The maximum Gasteiger partial charge on any atom is 0.414 e. The van der Waals surface area contributed by atoms with Gasteiger partial charge in [-0.3, -0.25) is 0 Å². The van der Waals surface area contributed by atoms with E-state index < -0.39 is 12.3 Å². The van der Waals surface area contributed by atoms with Crippen LogP contribution in [-0.4, -0.2) is 28.9 Å². The fraction of sp³-hybridized carbons (Fsp3) is 0.500. The lowest BCUT2D eigenvalue weighted by Gasteiger charge is -2.14. The number of aliphatic hydroxyl groups is 1. The van der Waals surface area contributed by atoms with Gasteiger partial charge in [0, 0.05) is 12.2 Å². The van der Waals surface area contributed by atoms with E-state index in [9.17, 15) is 13.2 Å². The monoisotopic (exact) mass is 234 g/mol. The average Bonchev–Trinajstić information content (AvgIpc) is 2.16. The number of alkyl halides is 3. The first-order valence-electron chi connectivity index (χ1n) is 4.82. The fourth-order valence-corrected chi connectivity index (χ4v) is 1.14. The number of aliphatic hydroxyl groups excluding tert-OH is 1. The van der Waals surface area contributed by atoms with Crippen LogP contribution in [0.25, 0.3) is 0 Å². The third-order valence-electron chi connectivity index (χ3n) is 1.99. The largest absolute Gasteiger partial charge is 0.414 e. The zero-order valence-corrected chi connectivity index (χ0v) is 8.75. The first kappa shape index (κ1) is 12.8. The summed E-state index contributed by atoms with van der Waals surface area (Å²) in [4.78, 5) is 4.06. The predicted molar refractivity (Wildman–Crippen MR) is 54.1 cm³/mol. The summed E-state index contributed by atoms with van der Waals surface area (Å²) in [5.74, 6) is 0.509. The number of halogens is 3. The Kier molecular flexibility index (Phi) is 4.12. The normalized spacial score (nSPS) is 13.6. The van der Waals surface area contributed by atoms with Crippen LogP contribution in [-0.2, 0) is 0 Å². The minimum absolute atomic E-state index is 0.0249. The quantitative estimate of drug-likeness (QED) is 0.838. The van der Waals surface area contributed by atoms with E-state index in [2.05, 4.69) is 10.3 Å². The number of rotatable bonds is 4. The molecule has 0 saturated carbocycles. The number of anilines is 1. The molecule has 1 rings (SSSR count). The molecule has 1 aromatic heterocycles. The molecule has 90 valence electrons. The van der Waals surface area contributed by atoms with Crippen molar-refractivity contribution >= 4 is 5.82 Å². The van der Waals surface area contributed by atoms with Gasteiger partial charge >= 0.3 is 6.18 Å². The fourth-order valence-electron chi connectivity index (χ4n) is 1.14. The zero-order chi connectivity index (χ0) is 12.2. The maximum atomic E-state index is 11.9. The van der Waals surface area contributed by atoms with Crippen molar-refractivity contribution in [2.45, 2.75) is 25.6 Å². The number of hydrogen-bond acceptors (Lipinski definition) is 3. The molecule has 2 N–H and O–H groups in total. The van der Waals surface area contributed by atoms with Gasteiger partial charge in [0.25, 0.3) is 0 Å². The summed E-state index contributed by atoms with van der Waals surface area (Å²) in [6, 6.07) is 5.20. The van der Waals surface area contributed by atoms with E-state index in [4.69, 9.17) is 5.11 Å². The Morgan fingerprint density at radius 3 is 2.69 bits per heavy atom. The molecule has 1 aromatic rings. The molecule has 0 spiro atoms. The predicted octanol–water partition coefficient (Wildman–Crippen LogP) is 2.12. The number of aryl methyl sites for hydroxylation is 1. The van der Waals surface area contributed by atoms with E-state index in [1.165, 1.54) is 0 Å². The van der Waals surface area contributed by atoms with Crippen molar-refractivity contribution in [3.05, 3.63) is 23.9 Å². The van der Waals surface area contributed by atoms with Crippen LogP contribution in [0.3, 0.4) is 0 Å². The Bertz CT molecular complexity index is 341. The van der Waals surface area contributed by atoms with Crippen LogP contribution >= 0.6 is 0 Å². The summed E-state index contributed by atoms with van der Waals surface area (Å²) in [5, 5.41) is 11.5. The van der Waals surface area contributed by atoms with Gasteiger partial charge in [-0.05, 0) is 25.5 Å². The summed E-state index contributed by atoms with van der Waals surface area (Å²) >= 11 is 0. The minimum atomic E-state index is -4.55. The molecule has 0 bridgehead atoms. The van der Waals surface area contributed by atoms with Gasteiger partial charge < -0.3 is 10.4 Å². The van der Waals surface area contributed by atoms with Crippen LogP contribution in [0.5, 0.6) is 0 Å². The maximum absolute atomic E-state index is 11.9. The second-order valence-electron chi connectivity index (χ2n) is 3.44. The van der Waals surface area contributed by atoms with Crippen LogP contribution in [0.2, 0.25) is 0 Å². The SMILES string of the molecule is Cc1cccc(NCC[C@H](O)C(F)(F)F)n1. The molecule has 0 saturated heterocycles. The molecular formula is C10H13F3N2O. The molecule has 0 aliphatic rings. The molecule has 0 radical (unpaired) electrons. The van der Waals surface area contributed by atoms with E-state index in [-0.39, 0.29) is 13.0 Å². The smallest absolute Gasteiger partial charge is 0.384 e. The molecule has 0 aliphatic carbocycles. The molecule has 1 heterocycles. The highest BCUT2D eigenvalue weighted by Gasteiger charge is 2.37. The minimum Gasteiger partial charge on any atom is -0.384 e. The third-order valence-corrected chi connectivity index (χ3v) is 1.99. The van der Waals surface area contributed by atoms with E-state index >= 15 is 0 Å². The summed E-state index contributed by atoms with van der Waals surface area (Å²) in [5.41, 5.74) is 0.779. The first-order valence-corrected chi connectivity index (χ1v) is 4.82. The van der Waals surface area contributed by atoms with Crippen LogP contribution in [0, 0.1) is 6.92 Å². The van der Waals surface area contributed by atoms with Crippen molar-refractivity contribution in [1.29, 1.82) is 0 Å². The van der Waals surface area contributed by atoms with Crippen molar-refractivity contribution in [3.63, 3.8) is 0 Å². The average molecular weight is 234 g/mol. The van der Waals surface area contributed by atoms with E-state index in [1.54, 1.807) is 25.1 Å². The second kappa shape index (κ2) is 5.16. The highest BCUT2D eigenvalue weighted by molar-refractivity contribution is 5.34. The van der Waals surface area contributed by atoms with Crippen molar-refractivity contribution in [2.24, 2.45) is 0 Å². The van der Waals surface area contributed by atoms with Gasteiger partial charge in [0.05, 0.1) is 0 Å². The Hall–Kier alpha value is -1.30. The van der Waals surface area contributed by atoms with Gasteiger partial charge in [0.15, 0.2) is 6.10 Å². The van der Waals surface area contributed by atoms with E-state index in [0.29, 0.717) is 5.82 Å². The number of pyridine rings is 1. The standard InChI is InChI=1S/C10H13F3N2O/c1-7-3-2-4-9(15-7)14-6-5-8(16)10(11,12)13/h2-4,8,16H,5-6H2,1H3,(H,14,15)/t8-/m0/s1. The zero-order valence-electron chi connectivity index (χ0n) is 8.75. The molecule has 3 nitrogen and oxygen atoms in total. The highest BCUT2D eigenvalue weighted by Crippen LogP contribution is 2.22. The Morgan fingerprint density at radius 1 is 1.44 bits per heavy atom. The lowest BCUT2D eigenvalue weighted by molar-refractivity contribution is -0.204. The molecule has 16 heavy (non-hydrogen) atoms. The molecule has 0 amide bonds. The number of aromatic nitrogens is 1. The molecule has 0 fully saturated rings.